The van der Waals surface area contributed by atoms with Gasteiger partial charge in [-0.3, -0.25) is 9.69 Å². The van der Waals surface area contributed by atoms with Crippen LogP contribution in [0.2, 0.25) is 0 Å². The van der Waals surface area contributed by atoms with Gasteiger partial charge in [0.1, 0.15) is 0 Å². The number of amides is 1. The predicted molar refractivity (Wildman–Crippen MR) is 137 cm³/mol. The van der Waals surface area contributed by atoms with Crippen LogP contribution >= 0.6 is 23.9 Å². The molecule has 182 valence electrons. The lowest BCUT2D eigenvalue weighted by atomic mass is 9.85. The fourth-order valence-corrected chi connectivity index (χ4v) is 6.00. The van der Waals surface area contributed by atoms with Crippen molar-refractivity contribution in [1.82, 2.24) is 24.3 Å². The van der Waals surface area contributed by atoms with Gasteiger partial charge in [-0.25, -0.2) is 0 Å². The Morgan fingerprint density at radius 3 is 2.67 bits per heavy atom. The zero-order chi connectivity index (χ0) is 22.7. The summed E-state index contributed by atoms with van der Waals surface area (Å²) in [5, 5.41) is 6.46. The number of likely N-dealkylation sites (tertiary alicyclic amines) is 2. The standard InChI is InChI=1S/C25H37N5OS.ClH/c1-18(2)30-11-7-9-20(13-30)12-28(4)25(31)16-29-14-22(21-10-6-5-8-19(21)3)23(15-29)24-17-32-27-26-24;/h5-6,8,10,17-18,20,22-23H,7,9,11-16H2,1-4H3;1H/t20?,22-,23+;/m0./s1. The number of carbonyl (C=O) groups is 1. The van der Waals surface area contributed by atoms with Gasteiger partial charge in [0.25, 0.3) is 0 Å². The van der Waals surface area contributed by atoms with Crippen molar-refractivity contribution in [2.24, 2.45) is 5.92 Å². The number of hydrogen-bond donors (Lipinski definition) is 0. The van der Waals surface area contributed by atoms with Crippen molar-refractivity contribution in [2.45, 2.75) is 51.5 Å². The summed E-state index contributed by atoms with van der Waals surface area (Å²) in [4.78, 5) is 20.0. The molecule has 33 heavy (non-hydrogen) atoms. The molecule has 0 aliphatic carbocycles. The van der Waals surface area contributed by atoms with Crippen LogP contribution in [0.15, 0.2) is 29.6 Å². The Labute approximate surface area is 208 Å². The average molecular weight is 492 g/mol. The molecule has 2 saturated heterocycles. The van der Waals surface area contributed by atoms with Crippen LogP contribution in [0.5, 0.6) is 0 Å². The topological polar surface area (TPSA) is 52.6 Å². The zero-order valence-electron chi connectivity index (χ0n) is 20.3. The van der Waals surface area contributed by atoms with Crippen LogP contribution in [-0.4, -0.2) is 82.6 Å². The molecule has 3 heterocycles. The molecule has 6 nitrogen and oxygen atoms in total. The molecule has 0 bridgehead atoms. The van der Waals surface area contributed by atoms with Crippen molar-refractivity contribution in [3.63, 3.8) is 0 Å². The van der Waals surface area contributed by atoms with Crippen LogP contribution in [0, 0.1) is 12.8 Å². The number of halogens is 1. The first-order valence-electron chi connectivity index (χ1n) is 11.9. The van der Waals surface area contributed by atoms with Crippen molar-refractivity contribution in [3.05, 3.63) is 46.5 Å². The predicted octanol–water partition coefficient (Wildman–Crippen LogP) is 4.03. The Kier molecular flexibility index (Phi) is 9.27. The highest BCUT2D eigenvalue weighted by molar-refractivity contribution is 7.03. The second-order valence-corrected chi connectivity index (χ2v) is 10.6. The van der Waals surface area contributed by atoms with E-state index in [1.807, 2.05) is 11.9 Å². The minimum absolute atomic E-state index is 0. The Morgan fingerprint density at radius 2 is 1.97 bits per heavy atom. The Hall–Kier alpha value is -1.54. The number of aromatic nitrogens is 2. The van der Waals surface area contributed by atoms with Gasteiger partial charge in [-0.2, -0.15) is 0 Å². The fraction of sp³-hybridized carbons (Fsp3) is 0.640. The van der Waals surface area contributed by atoms with Crippen LogP contribution in [0.4, 0.5) is 0 Å². The first-order valence-corrected chi connectivity index (χ1v) is 12.8. The minimum atomic E-state index is 0. The molecule has 1 aromatic carbocycles. The summed E-state index contributed by atoms with van der Waals surface area (Å²) >= 11 is 1.41. The van der Waals surface area contributed by atoms with E-state index in [-0.39, 0.29) is 24.2 Å². The van der Waals surface area contributed by atoms with Crippen LogP contribution in [0.3, 0.4) is 0 Å². The number of piperidine rings is 1. The molecule has 0 spiro atoms. The molecular weight excluding hydrogens is 454 g/mol. The number of hydrogen-bond acceptors (Lipinski definition) is 6. The maximum Gasteiger partial charge on any atom is 0.236 e. The third kappa shape index (κ3) is 6.32. The summed E-state index contributed by atoms with van der Waals surface area (Å²) in [7, 11) is 1.98. The van der Waals surface area contributed by atoms with E-state index in [9.17, 15) is 4.79 Å². The average Bonchev–Trinajstić information content (AvgIpc) is 3.44. The quantitative estimate of drug-likeness (QED) is 0.585. The highest BCUT2D eigenvalue weighted by atomic mass is 35.5. The van der Waals surface area contributed by atoms with Gasteiger partial charge in [0.15, 0.2) is 0 Å². The molecule has 2 aliphatic rings. The van der Waals surface area contributed by atoms with Gasteiger partial charge in [-0.1, -0.05) is 28.8 Å². The monoisotopic (exact) mass is 491 g/mol. The number of benzene rings is 1. The van der Waals surface area contributed by atoms with Crippen molar-refractivity contribution >= 4 is 29.8 Å². The van der Waals surface area contributed by atoms with Crippen molar-refractivity contribution < 1.29 is 4.79 Å². The smallest absolute Gasteiger partial charge is 0.236 e. The summed E-state index contributed by atoms with van der Waals surface area (Å²) < 4.78 is 4.11. The molecule has 3 atom stereocenters. The molecule has 1 amide bonds. The van der Waals surface area contributed by atoms with Crippen molar-refractivity contribution in [3.8, 4) is 0 Å². The molecule has 0 saturated carbocycles. The van der Waals surface area contributed by atoms with Gasteiger partial charge in [0.2, 0.25) is 5.91 Å². The van der Waals surface area contributed by atoms with Crippen LogP contribution in [-0.2, 0) is 4.79 Å². The van der Waals surface area contributed by atoms with Gasteiger partial charge in [0, 0.05) is 56.5 Å². The van der Waals surface area contributed by atoms with Gasteiger partial charge < -0.3 is 9.80 Å². The van der Waals surface area contributed by atoms with E-state index in [0.717, 1.165) is 31.9 Å². The largest absolute Gasteiger partial charge is 0.344 e. The fourth-order valence-electron chi connectivity index (χ4n) is 5.48. The van der Waals surface area contributed by atoms with Crippen LogP contribution in [0.1, 0.15) is 55.3 Å². The van der Waals surface area contributed by atoms with E-state index in [2.05, 4.69) is 69.8 Å². The maximum atomic E-state index is 13.1. The van der Waals surface area contributed by atoms with E-state index in [1.165, 1.54) is 42.0 Å². The van der Waals surface area contributed by atoms with Crippen LogP contribution in [0.25, 0.3) is 0 Å². The number of aryl methyl sites for hydroxylation is 1. The van der Waals surface area contributed by atoms with Gasteiger partial charge >= 0.3 is 0 Å². The van der Waals surface area contributed by atoms with E-state index < -0.39 is 0 Å². The first kappa shape index (κ1) is 26.1. The van der Waals surface area contributed by atoms with Crippen molar-refractivity contribution in [1.29, 1.82) is 0 Å². The molecule has 1 unspecified atom stereocenters. The molecule has 4 rings (SSSR count). The molecular formula is C25H38ClN5OS. The molecule has 1 aromatic heterocycles. The summed E-state index contributed by atoms with van der Waals surface area (Å²) in [6.07, 6.45) is 2.46. The van der Waals surface area contributed by atoms with E-state index in [1.54, 1.807) is 0 Å². The maximum absolute atomic E-state index is 13.1. The Bertz CT molecular complexity index is 893. The SMILES string of the molecule is Cc1ccccc1[C@@H]1CN(CC(=O)N(C)CC2CCCN(C(C)C)C2)C[C@H]1c1csnn1.Cl. The summed E-state index contributed by atoms with van der Waals surface area (Å²) in [6, 6.07) is 9.20. The number of rotatable bonds is 7. The summed E-state index contributed by atoms with van der Waals surface area (Å²) in [6.45, 7) is 12.1. The minimum Gasteiger partial charge on any atom is -0.344 e. The van der Waals surface area contributed by atoms with Gasteiger partial charge in [0.05, 0.1) is 12.2 Å². The molecule has 2 aromatic rings. The third-order valence-electron chi connectivity index (χ3n) is 7.34. The molecule has 0 radical (unpaired) electrons. The first-order chi connectivity index (χ1) is 15.4. The zero-order valence-corrected chi connectivity index (χ0v) is 21.9. The molecule has 0 N–H and O–H groups in total. The number of likely N-dealkylation sites (N-methyl/N-ethyl adjacent to an activating group) is 1. The molecule has 2 aliphatic heterocycles. The summed E-state index contributed by atoms with van der Waals surface area (Å²) in [5.41, 5.74) is 3.73. The lowest BCUT2D eigenvalue weighted by Crippen LogP contribution is -2.45. The Balaban J connectivity index is 0.00000306. The van der Waals surface area contributed by atoms with Gasteiger partial charge in [-0.15, -0.1) is 17.5 Å². The third-order valence-corrected chi connectivity index (χ3v) is 7.86. The van der Waals surface area contributed by atoms with Crippen molar-refractivity contribution in [2.75, 3.05) is 46.3 Å². The lowest BCUT2D eigenvalue weighted by molar-refractivity contribution is -0.131. The van der Waals surface area contributed by atoms with Gasteiger partial charge in [-0.05, 0) is 68.7 Å². The second kappa shape index (κ2) is 11.7. The highest BCUT2D eigenvalue weighted by Crippen LogP contribution is 2.40. The highest BCUT2D eigenvalue weighted by Gasteiger charge is 2.38. The van der Waals surface area contributed by atoms with E-state index in [0.29, 0.717) is 24.4 Å². The molecule has 8 heteroatoms. The van der Waals surface area contributed by atoms with Crippen LogP contribution < -0.4 is 0 Å². The van der Waals surface area contributed by atoms with E-state index >= 15 is 0 Å². The Morgan fingerprint density at radius 1 is 1.21 bits per heavy atom. The van der Waals surface area contributed by atoms with E-state index in [4.69, 9.17) is 0 Å². The number of nitrogens with zero attached hydrogens (tertiary/aromatic N) is 5. The normalized spacial score (nSPS) is 24.1. The number of carbonyl (C=O) groups excluding carboxylic acids is 1. The summed E-state index contributed by atoms with van der Waals surface area (Å²) in [5.74, 6) is 1.43. The lowest BCUT2D eigenvalue weighted by Gasteiger charge is -2.37. The second-order valence-electron chi connectivity index (χ2n) is 9.96. The molecule has 2 fully saturated rings.